The van der Waals surface area contributed by atoms with E-state index in [1.54, 1.807) is 0 Å². The van der Waals surface area contributed by atoms with Gasteiger partial charge in [-0.2, -0.15) is 0 Å². The third-order valence-electron chi connectivity index (χ3n) is 3.15. The average Bonchev–Trinajstić information content (AvgIpc) is 2.44. The second-order valence-corrected chi connectivity index (χ2v) is 4.40. The summed E-state index contributed by atoms with van der Waals surface area (Å²) in [7, 11) is 0. The summed E-state index contributed by atoms with van der Waals surface area (Å²) in [5.74, 6) is 0.0876. The highest BCUT2D eigenvalue weighted by atomic mass is 19.1. The number of rotatable bonds is 1. The monoisotopic (exact) mass is 207 g/mol. The lowest BCUT2D eigenvalue weighted by molar-refractivity contribution is 0.208. The second-order valence-electron chi connectivity index (χ2n) is 4.40. The molecule has 1 nitrogen and oxygen atoms in total. The molecule has 2 rings (SSSR count). The van der Waals surface area contributed by atoms with Crippen molar-refractivity contribution >= 4 is 0 Å². The van der Waals surface area contributed by atoms with E-state index in [0.717, 1.165) is 25.0 Å². The standard InChI is InChI=1S/C13H18FN/c1-10-3-2-4-11(6-5-10)12-7-8-15-9-13(12)14/h2,4-6,12-13,15H,3,7-9H2,1H3. The van der Waals surface area contributed by atoms with Crippen LogP contribution in [-0.4, -0.2) is 19.3 Å². The Hall–Kier alpha value is -0.890. The highest BCUT2D eigenvalue weighted by molar-refractivity contribution is 5.33. The van der Waals surface area contributed by atoms with E-state index in [2.05, 4.69) is 36.5 Å². The van der Waals surface area contributed by atoms with E-state index in [-0.39, 0.29) is 5.92 Å². The molecule has 1 saturated heterocycles. The smallest absolute Gasteiger partial charge is 0.119 e. The van der Waals surface area contributed by atoms with Gasteiger partial charge in [-0.3, -0.25) is 0 Å². The maximum Gasteiger partial charge on any atom is 0.119 e. The Labute approximate surface area is 90.8 Å². The molecule has 2 heteroatoms. The summed E-state index contributed by atoms with van der Waals surface area (Å²) >= 11 is 0. The van der Waals surface area contributed by atoms with Gasteiger partial charge in [0, 0.05) is 12.5 Å². The van der Waals surface area contributed by atoms with Crippen LogP contribution in [0.15, 0.2) is 35.5 Å². The van der Waals surface area contributed by atoms with Crippen LogP contribution in [0.2, 0.25) is 0 Å². The summed E-state index contributed by atoms with van der Waals surface area (Å²) < 4.78 is 13.7. The molecule has 1 N–H and O–H groups in total. The van der Waals surface area contributed by atoms with Crippen LogP contribution in [0.1, 0.15) is 19.8 Å². The molecule has 2 aliphatic rings. The molecule has 2 unspecified atom stereocenters. The number of alkyl halides is 1. The molecule has 2 atom stereocenters. The summed E-state index contributed by atoms with van der Waals surface area (Å²) in [6, 6.07) is 0. The lowest BCUT2D eigenvalue weighted by Gasteiger charge is -2.27. The number of hydrogen-bond acceptors (Lipinski definition) is 1. The Morgan fingerprint density at radius 2 is 2.27 bits per heavy atom. The summed E-state index contributed by atoms with van der Waals surface area (Å²) in [4.78, 5) is 0. The van der Waals surface area contributed by atoms with Crippen molar-refractivity contribution in [2.45, 2.75) is 25.9 Å². The largest absolute Gasteiger partial charge is 0.314 e. The third kappa shape index (κ3) is 2.57. The fourth-order valence-corrected chi connectivity index (χ4v) is 2.19. The van der Waals surface area contributed by atoms with Crippen LogP contribution >= 0.6 is 0 Å². The number of halogens is 1. The van der Waals surface area contributed by atoms with E-state index in [1.165, 1.54) is 5.57 Å². The van der Waals surface area contributed by atoms with E-state index in [4.69, 9.17) is 0 Å². The van der Waals surface area contributed by atoms with Crippen LogP contribution in [0.4, 0.5) is 4.39 Å². The minimum Gasteiger partial charge on any atom is -0.314 e. The van der Waals surface area contributed by atoms with Gasteiger partial charge in [-0.25, -0.2) is 4.39 Å². The first-order valence-corrected chi connectivity index (χ1v) is 5.66. The lowest BCUT2D eigenvalue weighted by atomic mass is 9.88. The summed E-state index contributed by atoms with van der Waals surface area (Å²) in [6.07, 6.45) is 9.59. The van der Waals surface area contributed by atoms with Gasteiger partial charge < -0.3 is 5.32 Å². The number of nitrogens with one attached hydrogen (secondary N) is 1. The zero-order chi connectivity index (χ0) is 10.7. The van der Waals surface area contributed by atoms with E-state index < -0.39 is 6.17 Å². The molecule has 0 aromatic rings. The van der Waals surface area contributed by atoms with Gasteiger partial charge >= 0.3 is 0 Å². The second kappa shape index (κ2) is 4.75. The molecule has 15 heavy (non-hydrogen) atoms. The van der Waals surface area contributed by atoms with Crippen LogP contribution in [0.3, 0.4) is 0 Å². The lowest BCUT2D eigenvalue weighted by Crippen LogP contribution is -2.38. The van der Waals surface area contributed by atoms with Gasteiger partial charge in [0.25, 0.3) is 0 Å². The summed E-state index contributed by atoms with van der Waals surface area (Å²) in [6.45, 7) is 3.54. The van der Waals surface area contributed by atoms with Gasteiger partial charge in [-0.05, 0) is 31.9 Å². The molecule has 0 aromatic carbocycles. The molecule has 82 valence electrons. The highest BCUT2D eigenvalue weighted by Gasteiger charge is 2.26. The molecule has 1 aliphatic carbocycles. The van der Waals surface area contributed by atoms with Crippen LogP contribution in [0, 0.1) is 5.92 Å². The molecule has 0 saturated carbocycles. The van der Waals surface area contributed by atoms with Gasteiger partial charge in [0.1, 0.15) is 6.17 Å². The fourth-order valence-electron chi connectivity index (χ4n) is 2.19. The fraction of sp³-hybridized carbons (Fsp3) is 0.538. The quantitative estimate of drug-likeness (QED) is 0.697. The normalized spacial score (nSPS) is 31.9. The van der Waals surface area contributed by atoms with Crippen molar-refractivity contribution in [2.75, 3.05) is 13.1 Å². The Morgan fingerprint density at radius 1 is 1.40 bits per heavy atom. The average molecular weight is 207 g/mol. The van der Waals surface area contributed by atoms with E-state index in [9.17, 15) is 4.39 Å². The van der Waals surface area contributed by atoms with Gasteiger partial charge in [-0.15, -0.1) is 0 Å². The van der Waals surface area contributed by atoms with Crippen LogP contribution in [0.5, 0.6) is 0 Å². The SMILES string of the molecule is CC1=CC=C(C2CCNCC2F)C=CC1. The maximum atomic E-state index is 13.7. The van der Waals surface area contributed by atoms with Crippen LogP contribution in [-0.2, 0) is 0 Å². The molecule has 1 heterocycles. The Morgan fingerprint density at radius 3 is 3.07 bits per heavy atom. The molecular weight excluding hydrogens is 189 g/mol. The van der Waals surface area contributed by atoms with Crippen molar-refractivity contribution < 1.29 is 4.39 Å². The van der Waals surface area contributed by atoms with E-state index >= 15 is 0 Å². The van der Waals surface area contributed by atoms with Gasteiger partial charge in [0.15, 0.2) is 0 Å². The minimum atomic E-state index is -0.735. The maximum absolute atomic E-state index is 13.7. The zero-order valence-electron chi connectivity index (χ0n) is 9.17. The molecule has 0 aromatic heterocycles. The topological polar surface area (TPSA) is 12.0 Å². The Bertz CT molecular complexity index is 314. The zero-order valence-corrected chi connectivity index (χ0v) is 9.17. The molecule has 1 aliphatic heterocycles. The van der Waals surface area contributed by atoms with Gasteiger partial charge in [-0.1, -0.05) is 29.9 Å². The summed E-state index contributed by atoms with van der Waals surface area (Å²) in [5, 5.41) is 3.09. The third-order valence-corrected chi connectivity index (χ3v) is 3.15. The number of piperidine rings is 1. The van der Waals surface area contributed by atoms with Crippen LogP contribution < -0.4 is 5.32 Å². The Balaban J connectivity index is 2.15. The van der Waals surface area contributed by atoms with Crippen molar-refractivity contribution in [1.82, 2.24) is 5.32 Å². The molecule has 1 fully saturated rings. The molecule has 0 amide bonds. The van der Waals surface area contributed by atoms with Crippen molar-refractivity contribution in [1.29, 1.82) is 0 Å². The van der Waals surface area contributed by atoms with Crippen molar-refractivity contribution in [3.8, 4) is 0 Å². The van der Waals surface area contributed by atoms with Crippen LogP contribution in [0.25, 0.3) is 0 Å². The van der Waals surface area contributed by atoms with Crippen molar-refractivity contribution in [3.05, 3.63) is 35.5 Å². The molecule has 0 bridgehead atoms. The van der Waals surface area contributed by atoms with E-state index in [1.807, 2.05) is 0 Å². The first-order chi connectivity index (χ1) is 7.27. The predicted octanol–water partition coefficient (Wildman–Crippen LogP) is 2.77. The van der Waals surface area contributed by atoms with Gasteiger partial charge in [0.05, 0.1) is 0 Å². The molecule has 0 radical (unpaired) electrons. The predicted molar refractivity (Wildman–Crippen MR) is 61.5 cm³/mol. The Kier molecular flexibility index (Phi) is 3.37. The number of allylic oxidation sites excluding steroid dienone is 6. The minimum absolute atomic E-state index is 0.0876. The first-order valence-electron chi connectivity index (χ1n) is 5.66. The van der Waals surface area contributed by atoms with Gasteiger partial charge in [0.2, 0.25) is 0 Å². The summed E-state index contributed by atoms with van der Waals surface area (Å²) in [5.41, 5.74) is 2.49. The molecular formula is C13H18FN. The van der Waals surface area contributed by atoms with Crippen molar-refractivity contribution in [2.24, 2.45) is 5.92 Å². The number of hydrogen-bond donors (Lipinski definition) is 1. The van der Waals surface area contributed by atoms with E-state index in [0.29, 0.717) is 6.54 Å². The molecule has 0 spiro atoms. The highest BCUT2D eigenvalue weighted by Crippen LogP contribution is 2.27. The first kappa shape index (κ1) is 10.6. The van der Waals surface area contributed by atoms with Crippen molar-refractivity contribution in [3.63, 3.8) is 0 Å².